The second-order valence-electron chi connectivity index (χ2n) is 1.06. The summed E-state index contributed by atoms with van der Waals surface area (Å²) in [6.45, 7) is 0. The minimum absolute atomic E-state index is 0. The Hall–Kier alpha value is 0.477. The maximum atomic E-state index is 9.63. The lowest BCUT2D eigenvalue weighted by atomic mass is 15.7. The van der Waals surface area contributed by atoms with Gasteiger partial charge in [-0.25, -0.2) is 9.13 Å². The molecule has 0 rings (SSSR count). The molecule has 0 unspecified atom stereocenters. The van der Waals surface area contributed by atoms with Gasteiger partial charge in [0.1, 0.15) is 0 Å². The molecule has 0 amide bonds. The molecule has 10 heteroatoms. The first-order chi connectivity index (χ1) is 3.71. The number of rotatable bonds is 2. The van der Waals surface area contributed by atoms with Crippen molar-refractivity contribution in [1.29, 1.82) is 0 Å². The smallest absolute Gasteiger partial charge is 0.302 e. The molecule has 0 aromatic rings. The second kappa shape index (κ2) is 3.75. The van der Waals surface area contributed by atoms with Crippen LogP contribution in [0.25, 0.3) is 0 Å². The molecular formula is H8O7P2Si. The zero-order chi connectivity index (χ0) is 7.71. The Morgan fingerprint density at radius 3 is 1.10 bits per heavy atom. The fourth-order valence-corrected chi connectivity index (χ4v) is 1.25. The predicted molar refractivity (Wildman–Crippen MR) is 36.5 cm³/mol. The molecule has 0 aliphatic heterocycles. The van der Waals surface area contributed by atoms with Crippen molar-refractivity contribution in [1.82, 2.24) is 0 Å². The van der Waals surface area contributed by atoms with E-state index < -0.39 is 15.6 Å². The van der Waals surface area contributed by atoms with E-state index in [4.69, 9.17) is 19.6 Å². The maximum Gasteiger partial charge on any atom is 0.478 e. The van der Waals surface area contributed by atoms with Crippen LogP contribution in [-0.4, -0.2) is 30.5 Å². The zero-order valence-corrected chi connectivity index (χ0v) is 5.70. The van der Waals surface area contributed by atoms with E-state index >= 15 is 0 Å². The molecule has 0 heterocycles. The first-order valence-electron chi connectivity index (χ1n) is 1.53. The van der Waals surface area contributed by atoms with Crippen LogP contribution in [0.1, 0.15) is 0 Å². The summed E-state index contributed by atoms with van der Waals surface area (Å²) in [4.78, 5) is 31.0. The third-order valence-electron chi connectivity index (χ3n) is 0.213. The minimum atomic E-state index is -5.05. The predicted octanol–water partition coefficient (Wildman–Crippen LogP) is -2.26. The quantitative estimate of drug-likeness (QED) is 0.299. The summed E-state index contributed by atoms with van der Waals surface area (Å²) in [5.74, 6) is 0. The van der Waals surface area contributed by atoms with Gasteiger partial charge >= 0.3 is 15.6 Å². The van der Waals surface area contributed by atoms with Crippen LogP contribution in [0.5, 0.6) is 0 Å². The average Bonchev–Trinajstić information content (AvgIpc) is 1.14. The van der Waals surface area contributed by atoms with Crippen molar-refractivity contribution >= 4 is 26.6 Å². The SMILES string of the molecule is O=P(O)(O)OP(=O)(O)O.[SiH4]. The van der Waals surface area contributed by atoms with E-state index in [1.807, 2.05) is 0 Å². The van der Waals surface area contributed by atoms with Crippen LogP contribution < -0.4 is 0 Å². The van der Waals surface area contributed by atoms with Gasteiger partial charge < -0.3 is 19.6 Å². The summed E-state index contributed by atoms with van der Waals surface area (Å²) < 4.78 is 22.2. The lowest BCUT2D eigenvalue weighted by Gasteiger charge is -2.03. The molecule has 7 nitrogen and oxygen atoms in total. The van der Waals surface area contributed by atoms with Crippen LogP contribution in [0.15, 0.2) is 0 Å². The van der Waals surface area contributed by atoms with Gasteiger partial charge in [0, 0.05) is 0 Å². The van der Waals surface area contributed by atoms with Crippen LogP contribution >= 0.6 is 15.6 Å². The van der Waals surface area contributed by atoms with E-state index in [1.165, 1.54) is 0 Å². The van der Waals surface area contributed by atoms with Crippen molar-refractivity contribution in [2.75, 3.05) is 0 Å². The van der Waals surface area contributed by atoms with Crippen molar-refractivity contribution in [3.63, 3.8) is 0 Å². The normalized spacial score (nSPS) is 12.4. The molecule has 64 valence electrons. The topological polar surface area (TPSA) is 124 Å². The van der Waals surface area contributed by atoms with Gasteiger partial charge in [0.25, 0.3) is 0 Å². The molecular weight excluding hydrogens is 202 g/mol. The largest absolute Gasteiger partial charge is 0.478 e. The fourth-order valence-electron chi connectivity index (χ4n) is 0.139. The highest BCUT2D eigenvalue weighted by molar-refractivity contribution is 7.60. The molecule has 0 bridgehead atoms. The van der Waals surface area contributed by atoms with Gasteiger partial charge in [-0.3, -0.25) is 0 Å². The molecule has 10 heavy (non-hydrogen) atoms. The van der Waals surface area contributed by atoms with Crippen molar-refractivity contribution in [3.8, 4) is 0 Å². The van der Waals surface area contributed by atoms with Gasteiger partial charge in [0.15, 0.2) is 0 Å². The Morgan fingerprint density at radius 1 is 0.900 bits per heavy atom. The number of hydrogen-bond acceptors (Lipinski definition) is 3. The van der Waals surface area contributed by atoms with Gasteiger partial charge in [0.2, 0.25) is 0 Å². The standard InChI is InChI=1S/H4O7P2.H4Si/c1-8(2,3)7-9(4,5)6;/h(H2,1,2,3)(H2,4,5,6);1H4. The van der Waals surface area contributed by atoms with Crippen LogP contribution in [0.4, 0.5) is 0 Å². The summed E-state index contributed by atoms with van der Waals surface area (Å²) in [6.07, 6.45) is 0. The highest BCUT2D eigenvalue weighted by Gasteiger charge is 2.27. The highest BCUT2D eigenvalue weighted by atomic mass is 31.3. The molecule has 4 N–H and O–H groups in total. The van der Waals surface area contributed by atoms with Gasteiger partial charge in [0.05, 0.1) is 0 Å². The molecule has 0 aromatic heterocycles. The van der Waals surface area contributed by atoms with Gasteiger partial charge in [-0.1, -0.05) is 0 Å². The monoisotopic (exact) mass is 210 g/mol. The Kier molecular flexibility index (Phi) is 4.91. The molecule has 0 spiro atoms. The van der Waals surface area contributed by atoms with Crippen molar-refractivity contribution in [2.24, 2.45) is 0 Å². The summed E-state index contributed by atoms with van der Waals surface area (Å²) in [7, 11) is -10.1. The summed E-state index contributed by atoms with van der Waals surface area (Å²) in [5.41, 5.74) is 0. The second-order valence-corrected chi connectivity index (χ2v) is 3.68. The van der Waals surface area contributed by atoms with E-state index in [1.54, 1.807) is 0 Å². The molecule has 0 aromatic carbocycles. The molecule has 0 fully saturated rings. The highest BCUT2D eigenvalue weighted by Crippen LogP contribution is 2.53. The van der Waals surface area contributed by atoms with Crippen molar-refractivity contribution in [3.05, 3.63) is 0 Å². The van der Waals surface area contributed by atoms with E-state index in [-0.39, 0.29) is 11.0 Å². The summed E-state index contributed by atoms with van der Waals surface area (Å²) in [6, 6.07) is 0. The van der Waals surface area contributed by atoms with Crippen molar-refractivity contribution in [2.45, 2.75) is 0 Å². The lowest BCUT2D eigenvalue weighted by Crippen LogP contribution is -1.84. The number of phosphoric acid groups is 2. The number of hydrogen-bond donors (Lipinski definition) is 4. The minimum Gasteiger partial charge on any atom is -0.302 e. The van der Waals surface area contributed by atoms with E-state index in [9.17, 15) is 9.13 Å². The van der Waals surface area contributed by atoms with Crippen LogP contribution in [0, 0.1) is 0 Å². The Bertz CT molecular complexity index is 152. The fraction of sp³-hybridized carbons (Fsp3) is 0. The van der Waals surface area contributed by atoms with E-state index in [0.717, 1.165) is 0 Å². The summed E-state index contributed by atoms with van der Waals surface area (Å²) in [5, 5.41) is 0. The average molecular weight is 210 g/mol. The van der Waals surface area contributed by atoms with Crippen LogP contribution in [0.2, 0.25) is 0 Å². The molecule has 0 radical (unpaired) electrons. The van der Waals surface area contributed by atoms with E-state index in [0.29, 0.717) is 0 Å². The third-order valence-corrected chi connectivity index (χ3v) is 1.91. The van der Waals surface area contributed by atoms with Crippen LogP contribution in [-0.2, 0) is 13.4 Å². The molecule has 0 saturated heterocycles. The van der Waals surface area contributed by atoms with Gasteiger partial charge in [-0.05, 0) is 11.0 Å². The Labute approximate surface area is 60.5 Å². The maximum absolute atomic E-state index is 9.63. The molecule has 0 saturated carbocycles. The van der Waals surface area contributed by atoms with Crippen molar-refractivity contribution < 1.29 is 33.0 Å². The summed E-state index contributed by atoms with van der Waals surface area (Å²) >= 11 is 0. The first kappa shape index (κ1) is 13.1. The Balaban J connectivity index is 0. The molecule has 0 aliphatic rings. The molecule has 0 aliphatic carbocycles. The van der Waals surface area contributed by atoms with E-state index in [2.05, 4.69) is 4.31 Å². The first-order valence-corrected chi connectivity index (χ1v) is 4.59. The molecule has 0 atom stereocenters. The third kappa shape index (κ3) is 11.3. The zero-order valence-electron chi connectivity index (χ0n) is 3.91. The Morgan fingerprint density at radius 2 is 1.10 bits per heavy atom. The van der Waals surface area contributed by atoms with Gasteiger partial charge in [-0.2, -0.15) is 4.31 Å². The van der Waals surface area contributed by atoms with Gasteiger partial charge in [-0.15, -0.1) is 0 Å². The van der Waals surface area contributed by atoms with Crippen LogP contribution in [0.3, 0.4) is 0 Å². The lowest BCUT2D eigenvalue weighted by molar-refractivity contribution is 0.225.